The number of hydrogen-bond acceptors (Lipinski definition) is 4. The molecule has 1 heterocycles. The monoisotopic (exact) mass is 413 g/mol. The van der Waals surface area contributed by atoms with E-state index in [0.717, 1.165) is 36.8 Å². The molecular formula is C24H33N2O4+. The second kappa shape index (κ2) is 9.85. The Morgan fingerprint density at radius 2 is 1.77 bits per heavy atom. The van der Waals surface area contributed by atoms with Gasteiger partial charge in [0.2, 0.25) is 5.91 Å². The van der Waals surface area contributed by atoms with Gasteiger partial charge in [-0.2, -0.15) is 0 Å². The second-order valence-corrected chi connectivity index (χ2v) is 7.78. The van der Waals surface area contributed by atoms with Crippen LogP contribution in [0, 0.1) is 0 Å². The highest BCUT2D eigenvalue weighted by molar-refractivity contribution is 5.75. The highest BCUT2D eigenvalue weighted by Crippen LogP contribution is 2.35. The van der Waals surface area contributed by atoms with Gasteiger partial charge in [-0.05, 0) is 48.9 Å². The fourth-order valence-electron chi connectivity index (χ4n) is 4.38. The number of nitrogens with one attached hydrogen (secondary N) is 2. The van der Waals surface area contributed by atoms with E-state index >= 15 is 0 Å². The van der Waals surface area contributed by atoms with Crippen molar-refractivity contribution in [1.29, 1.82) is 0 Å². The van der Waals surface area contributed by atoms with E-state index in [0.29, 0.717) is 6.42 Å². The number of amides is 1. The molecule has 0 aromatic heterocycles. The highest BCUT2D eigenvalue weighted by Gasteiger charge is 2.37. The molecule has 2 N–H and O–H groups in total. The van der Waals surface area contributed by atoms with Gasteiger partial charge in [0.05, 0.1) is 33.9 Å². The molecule has 1 aliphatic rings. The number of carbonyl (C=O) groups is 1. The predicted octanol–water partition coefficient (Wildman–Crippen LogP) is 2.31. The summed E-state index contributed by atoms with van der Waals surface area (Å²) in [6, 6.07) is 12.5. The van der Waals surface area contributed by atoms with Gasteiger partial charge in [0.15, 0.2) is 11.5 Å². The average Bonchev–Trinajstić information content (AvgIpc) is 2.78. The normalized spacial score (nSPS) is 18.8. The van der Waals surface area contributed by atoms with Crippen molar-refractivity contribution >= 4 is 5.91 Å². The molecule has 1 unspecified atom stereocenters. The van der Waals surface area contributed by atoms with Crippen molar-refractivity contribution in [2.75, 3.05) is 27.9 Å². The number of fused-ring (bicyclic) bond motifs is 1. The molecule has 6 heteroatoms. The largest absolute Gasteiger partial charge is 0.497 e. The molecule has 3 rings (SSSR count). The van der Waals surface area contributed by atoms with Gasteiger partial charge < -0.3 is 24.4 Å². The van der Waals surface area contributed by atoms with Crippen LogP contribution in [0.5, 0.6) is 17.2 Å². The number of rotatable bonds is 8. The van der Waals surface area contributed by atoms with Gasteiger partial charge in [-0.1, -0.05) is 6.92 Å². The number of quaternary nitrogens is 1. The van der Waals surface area contributed by atoms with Crippen molar-refractivity contribution in [2.45, 2.75) is 45.3 Å². The summed E-state index contributed by atoms with van der Waals surface area (Å²) in [7, 11) is 5.00. The lowest BCUT2D eigenvalue weighted by molar-refractivity contribution is -0.948. The maximum absolute atomic E-state index is 12.2. The van der Waals surface area contributed by atoms with E-state index in [9.17, 15) is 4.79 Å². The zero-order valence-electron chi connectivity index (χ0n) is 18.6. The number of methoxy groups -OCH3 is 3. The van der Waals surface area contributed by atoms with Crippen molar-refractivity contribution in [1.82, 2.24) is 5.32 Å². The van der Waals surface area contributed by atoms with E-state index in [2.05, 4.69) is 36.5 Å². The topological polar surface area (TPSA) is 61.2 Å². The fourth-order valence-corrected chi connectivity index (χ4v) is 4.38. The van der Waals surface area contributed by atoms with Crippen molar-refractivity contribution in [2.24, 2.45) is 0 Å². The second-order valence-electron chi connectivity index (χ2n) is 7.78. The van der Waals surface area contributed by atoms with Crippen molar-refractivity contribution in [3.8, 4) is 17.2 Å². The van der Waals surface area contributed by atoms with Gasteiger partial charge in [0, 0.05) is 24.0 Å². The summed E-state index contributed by atoms with van der Waals surface area (Å²) in [4.78, 5) is 13.6. The van der Waals surface area contributed by atoms with Gasteiger partial charge in [-0.25, -0.2) is 0 Å². The molecule has 162 valence electrons. The summed E-state index contributed by atoms with van der Waals surface area (Å²) < 4.78 is 16.4. The van der Waals surface area contributed by atoms with Crippen molar-refractivity contribution in [3.63, 3.8) is 0 Å². The van der Waals surface area contributed by atoms with Crippen LogP contribution in [-0.4, -0.2) is 39.8 Å². The number of hydrogen-bond donors (Lipinski definition) is 2. The Kier molecular flexibility index (Phi) is 7.21. The third-order valence-corrected chi connectivity index (χ3v) is 5.94. The van der Waals surface area contributed by atoms with E-state index < -0.39 is 0 Å². The minimum absolute atomic E-state index is 0.0113. The van der Waals surface area contributed by atoms with Gasteiger partial charge in [0.25, 0.3) is 0 Å². The number of carbonyl (C=O) groups excluding carboxylic acids is 1. The highest BCUT2D eigenvalue weighted by atomic mass is 16.5. The standard InChI is InChI=1S/C24H32N2O4/c1-6-23(27)25-16(2)24-20-14-22(30-5)21(29-4)13-18(20)11-12-26(24)15-17-7-9-19(28-3)10-8-17/h7-10,13-14,16,24H,6,11-12,15H2,1-5H3,(H,25,27)/p+1/t16-,24-/m0/s1. The van der Waals surface area contributed by atoms with Gasteiger partial charge >= 0.3 is 0 Å². The lowest BCUT2D eigenvalue weighted by Crippen LogP contribution is -3.13. The van der Waals surface area contributed by atoms with Gasteiger partial charge in [-0.15, -0.1) is 0 Å². The molecule has 2 aromatic carbocycles. The summed E-state index contributed by atoms with van der Waals surface area (Å²) in [6.07, 6.45) is 1.43. The van der Waals surface area contributed by atoms with E-state index in [4.69, 9.17) is 14.2 Å². The molecule has 0 aliphatic carbocycles. The fraction of sp³-hybridized carbons (Fsp3) is 0.458. The molecule has 0 spiro atoms. The van der Waals surface area contributed by atoms with Crippen LogP contribution >= 0.6 is 0 Å². The van der Waals surface area contributed by atoms with Gasteiger partial charge in [0.1, 0.15) is 18.3 Å². The van der Waals surface area contributed by atoms with E-state index in [1.165, 1.54) is 21.6 Å². The smallest absolute Gasteiger partial charge is 0.220 e. The summed E-state index contributed by atoms with van der Waals surface area (Å²) in [5.41, 5.74) is 3.72. The molecule has 0 saturated heterocycles. The SMILES string of the molecule is CCC(=O)N[C@@H](C)[C@H]1c2cc(OC)c(OC)cc2CC[NH+]1Cc1ccc(OC)cc1. The lowest BCUT2D eigenvalue weighted by atomic mass is 9.87. The quantitative estimate of drug-likeness (QED) is 0.697. The van der Waals surface area contributed by atoms with E-state index in [-0.39, 0.29) is 18.0 Å². The predicted molar refractivity (Wildman–Crippen MR) is 116 cm³/mol. The first-order chi connectivity index (χ1) is 14.5. The maximum Gasteiger partial charge on any atom is 0.220 e. The van der Waals surface area contributed by atoms with Crippen LogP contribution < -0.4 is 24.4 Å². The van der Waals surface area contributed by atoms with Crippen LogP contribution in [0.15, 0.2) is 36.4 Å². The third-order valence-electron chi connectivity index (χ3n) is 5.94. The Hall–Kier alpha value is -2.73. The summed E-state index contributed by atoms with van der Waals surface area (Å²) in [5.74, 6) is 2.40. The minimum atomic E-state index is -0.0113. The minimum Gasteiger partial charge on any atom is -0.497 e. The first-order valence-electron chi connectivity index (χ1n) is 10.5. The molecule has 30 heavy (non-hydrogen) atoms. The summed E-state index contributed by atoms with van der Waals surface area (Å²) >= 11 is 0. The zero-order valence-corrected chi connectivity index (χ0v) is 18.6. The lowest BCUT2D eigenvalue weighted by Gasteiger charge is -2.38. The molecule has 1 amide bonds. The van der Waals surface area contributed by atoms with Gasteiger partial charge in [-0.3, -0.25) is 4.79 Å². The summed E-state index contributed by atoms with van der Waals surface area (Å²) in [5, 5.41) is 3.19. The molecule has 3 atom stereocenters. The van der Waals surface area contributed by atoms with Crippen LogP contribution in [0.4, 0.5) is 0 Å². The molecule has 0 bridgehead atoms. The molecule has 0 fully saturated rings. The molecule has 2 aromatic rings. The molecular weight excluding hydrogens is 380 g/mol. The number of ether oxygens (including phenoxy) is 3. The first-order valence-corrected chi connectivity index (χ1v) is 10.5. The Bertz CT molecular complexity index is 866. The van der Waals surface area contributed by atoms with Crippen LogP contribution in [-0.2, 0) is 17.8 Å². The Morgan fingerprint density at radius 1 is 1.10 bits per heavy atom. The van der Waals surface area contributed by atoms with Crippen LogP contribution in [0.1, 0.15) is 43.0 Å². The Labute approximate surface area is 179 Å². The number of benzene rings is 2. The maximum atomic E-state index is 12.2. The molecule has 1 aliphatic heterocycles. The van der Waals surface area contributed by atoms with Crippen LogP contribution in [0.3, 0.4) is 0 Å². The first kappa shape index (κ1) is 22.0. The Morgan fingerprint density at radius 3 is 2.37 bits per heavy atom. The Balaban J connectivity index is 1.96. The zero-order chi connectivity index (χ0) is 21.7. The van der Waals surface area contributed by atoms with Crippen molar-refractivity contribution in [3.05, 3.63) is 53.1 Å². The van der Waals surface area contributed by atoms with Crippen LogP contribution in [0.2, 0.25) is 0 Å². The van der Waals surface area contributed by atoms with E-state index in [1.807, 2.05) is 19.1 Å². The van der Waals surface area contributed by atoms with Crippen molar-refractivity contribution < 1.29 is 23.9 Å². The molecule has 0 radical (unpaired) electrons. The average molecular weight is 414 g/mol. The molecule has 6 nitrogen and oxygen atoms in total. The van der Waals surface area contributed by atoms with E-state index in [1.54, 1.807) is 21.3 Å². The summed E-state index contributed by atoms with van der Waals surface area (Å²) in [6.45, 7) is 5.82. The third kappa shape index (κ3) is 4.70. The van der Waals surface area contributed by atoms with Crippen LogP contribution in [0.25, 0.3) is 0 Å². The molecule has 0 saturated carbocycles.